The van der Waals surface area contributed by atoms with Crippen LogP contribution in [0.25, 0.3) is 0 Å². The first kappa shape index (κ1) is 14.1. The molecular weight excluding hydrogens is 262 g/mol. The highest BCUT2D eigenvalue weighted by Crippen LogP contribution is 2.41. The molecule has 0 spiro atoms. The fraction of sp³-hybridized carbons (Fsp3) is 0.500. The topological polar surface area (TPSA) is 63.2 Å². The summed E-state index contributed by atoms with van der Waals surface area (Å²) in [5.74, 6) is -0.167. The van der Waals surface area contributed by atoms with Gasteiger partial charge in [0.05, 0.1) is 11.2 Å². The molecule has 0 aromatic heterocycles. The van der Waals surface area contributed by atoms with E-state index in [1.165, 1.54) is 0 Å². The highest BCUT2D eigenvalue weighted by atomic mass is 32.2. The van der Waals surface area contributed by atoms with E-state index in [9.17, 15) is 13.2 Å². The minimum atomic E-state index is -3.37. The standard InChI is InChI=1S/C14H19NO3S/c1-3-14(4-2)12(16)15-13(14)19(17,18)10-11-8-6-5-7-9-11/h5-9,13H,3-4,10H2,1-2H3,(H,15,16). The SMILES string of the molecule is CCC1(CC)C(=O)NC1S(=O)(=O)Cc1ccccc1. The van der Waals surface area contributed by atoms with E-state index in [-0.39, 0.29) is 11.7 Å². The predicted octanol–water partition coefficient (Wildman–Crippen LogP) is 1.86. The minimum absolute atomic E-state index is 0.0272. The number of sulfone groups is 1. The molecule has 2 rings (SSSR count). The van der Waals surface area contributed by atoms with Crippen molar-refractivity contribution in [1.29, 1.82) is 0 Å². The van der Waals surface area contributed by atoms with Crippen molar-refractivity contribution in [3.8, 4) is 0 Å². The second kappa shape index (κ2) is 4.96. The van der Waals surface area contributed by atoms with Crippen LogP contribution in [0.1, 0.15) is 32.3 Å². The minimum Gasteiger partial charge on any atom is -0.338 e. The lowest BCUT2D eigenvalue weighted by atomic mass is 9.75. The van der Waals surface area contributed by atoms with Crippen molar-refractivity contribution < 1.29 is 13.2 Å². The molecule has 1 aliphatic heterocycles. The van der Waals surface area contributed by atoms with Crippen molar-refractivity contribution in [3.05, 3.63) is 35.9 Å². The summed E-state index contributed by atoms with van der Waals surface area (Å²) in [5.41, 5.74) is 0.0120. The lowest BCUT2D eigenvalue weighted by Gasteiger charge is -2.47. The average Bonchev–Trinajstić information content (AvgIpc) is 2.38. The van der Waals surface area contributed by atoms with Gasteiger partial charge in [0.1, 0.15) is 5.37 Å². The molecular formula is C14H19NO3S. The Hall–Kier alpha value is -1.36. The molecule has 1 amide bonds. The maximum absolute atomic E-state index is 12.4. The van der Waals surface area contributed by atoms with Gasteiger partial charge >= 0.3 is 0 Å². The second-order valence-corrected chi connectivity index (χ2v) is 7.10. The van der Waals surface area contributed by atoms with Gasteiger partial charge in [-0.05, 0) is 18.4 Å². The van der Waals surface area contributed by atoms with Crippen LogP contribution in [0.2, 0.25) is 0 Å². The average molecular weight is 281 g/mol. The Balaban J connectivity index is 2.24. The Morgan fingerprint density at radius 3 is 2.21 bits per heavy atom. The Morgan fingerprint density at radius 1 is 1.16 bits per heavy atom. The molecule has 4 nitrogen and oxygen atoms in total. The van der Waals surface area contributed by atoms with E-state index in [1.54, 1.807) is 12.1 Å². The van der Waals surface area contributed by atoms with Crippen molar-refractivity contribution in [2.75, 3.05) is 0 Å². The summed E-state index contributed by atoms with van der Waals surface area (Å²) >= 11 is 0. The van der Waals surface area contributed by atoms with Gasteiger partial charge in [-0.25, -0.2) is 8.42 Å². The Labute approximate surface area is 114 Å². The Kier molecular flexibility index (Phi) is 3.67. The van der Waals surface area contributed by atoms with Gasteiger partial charge in [0, 0.05) is 0 Å². The molecule has 1 heterocycles. The van der Waals surface area contributed by atoms with E-state index in [4.69, 9.17) is 0 Å². The fourth-order valence-corrected chi connectivity index (χ4v) is 4.95. The van der Waals surface area contributed by atoms with Gasteiger partial charge in [0.2, 0.25) is 5.91 Å². The number of carbonyl (C=O) groups is 1. The van der Waals surface area contributed by atoms with Gasteiger partial charge in [0.25, 0.3) is 0 Å². The number of carbonyl (C=O) groups excluding carboxylic acids is 1. The number of benzene rings is 1. The van der Waals surface area contributed by atoms with Gasteiger partial charge in [-0.2, -0.15) is 0 Å². The zero-order valence-corrected chi connectivity index (χ0v) is 12.0. The van der Waals surface area contributed by atoms with Crippen LogP contribution in [-0.2, 0) is 20.4 Å². The Bertz CT molecular complexity index is 562. The lowest BCUT2D eigenvalue weighted by Crippen LogP contribution is -2.69. The van der Waals surface area contributed by atoms with Gasteiger partial charge in [-0.3, -0.25) is 4.79 Å². The highest BCUT2D eigenvalue weighted by Gasteiger charge is 2.58. The van der Waals surface area contributed by atoms with E-state index < -0.39 is 20.6 Å². The summed E-state index contributed by atoms with van der Waals surface area (Å²) in [7, 11) is -3.37. The van der Waals surface area contributed by atoms with Crippen LogP contribution >= 0.6 is 0 Å². The van der Waals surface area contributed by atoms with Crippen molar-refractivity contribution in [1.82, 2.24) is 5.32 Å². The fourth-order valence-electron chi connectivity index (χ4n) is 2.71. The smallest absolute Gasteiger partial charge is 0.230 e. The number of amides is 1. The molecule has 1 aromatic carbocycles. The number of hydrogen-bond acceptors (Lipinski definition) is 3. The molecule has 1 N–H and O–H groups in total. The van der Waals surface area contributed by atoms with Crippen LogP contribution < -0.4 is 5.32 Å². The second-order valence-electron chi connectivity index (χ2n) is 5.01. The van der Waals surface area contributed by atoms with E-state index in [1.807, 2.05) is 32.0 Å². The third-order valence-electron chi connectivity index (χ3n) is 4.05. The quantitative estimate of drug-likeness (QED) is 0.838. The molecule has 104 valence electrons. The summed E-state index contributed by atoms with van der Waals surface area (Å²) in [6.45, 7) is 3.74. The van der Waals surface area contributed by atoms with Gasteiger partial charge < -0.3 is 5.32 Å². The molecule has 0 radical (unpaired) electrons. The van der Waals surface area contributed by atoms with Crippen LogP contribution in [0.4, 0.5) is 0 Å². The van der Waals surface area contributed by atoms with Gasteiger partial charge in [-0.15, -0.1) is 0 Å². The first-order valence-corrected chi connectivity index (χ1v) is 8.24. The van der Waals surface area contributed by atoms with Crippen LogP contribution in [0, 0.1) is 5.41 Å². The first-order valence-electron chi connectivity index (χ1n) is 6.52. The number of β-lactam (4-membered cyclic amide) rings is 1. The van der Waals surface area contributed by atoms with Crippen LogP contribution in [0.3, 0.4) is 0 Å². The predicted molar refractivity (Wildman–Crippen MR) is 74.0 cm³/mol. The third-order valence-corrected chi connectivity index (χ3v) is 6.07. The third kappa shape index (κ3) is 2.27. The maximum Gasteiger partial charge on any atom is 0.230 e. The molecule has 1 unspecified atom stereocenters. The summed E-state index contributed by atoms with van der Waals surface area (Å²) in [4.78, 5) is 11.7. The van der Waals surface area contributed by atoms with Crippen molar-refractivity contribution in [2.24, 2.45) is 5.41 Å². The van der Waals surface area contributed by atoms with Crippen molar-refractivity contribution in [3.63, 3.8) is 0 Å². The largest absolute Gasteiger partial charge is 0.338 e. The van der Waals surface area contributed by atoms with Gasteiger partial charge in [-0.1, -0.05) is 44.2 Å². The van der Waals surface area contributed by atoms with Crippen molar-refractivity contribution in [2.45, 2.75) is 37.8 Å². The number of rotatable bonds is 5. The highest BCUT2D eigenvalue weighted by molar-refractivity contribution is 7.91. The van der Waals surface area contributed by atoms with E-state index in [0.29, 0.717) is 12.8 Å². The maximum atomic E-state index is 12.4. The zero-order valence-electron chi connectivity index (χ0n) is 11.2. The lowest BCUT2D eigenvalue weighted by molar-refractivity contribution is -0.142. The molecule has 0 bridgehead atoms. The van der Waals surface area contributed by atoms with Gasteiger partial charge in [0.15, 0.2) is 9.84 Å². The Morgan fingerprint density at radius 2 is 1.74 bits per heavy atom. The molecule has 1 aromatic rings. The van der Waals surface area contributed by atoms with Crippen LogP contribution in [0.15, 0.2) is 30.3 Å². The van der Waals surface area contributed by atoms with Crippen LogP contribution in [-0.4, -0.2) is 19.7 Å². The molecule has 5 heteroatoms. The molecule has 0 saturated carbocycles. The van der Waals surface area contributed by atoms with E-state index in [0.717, 1.165) is 5.56 Å². The van der Waals surface area contributed by atoms with Crippen molar-refractivity contribution >= 4 is 15.7 Å². The normalized spacial score (nSPS) is 21.6. The van der Waals surface area contributed by atoms with E-state index in [2.05, 4.69) is 5.32 Å². The molecule has 1 fully saturated rings. The molecule has 1 aliphatic rings. The van der Waals surface area contributed by atoms with Crippen LogP contribution in [0.5, 0.6) is 0 Å². The molecule has 1 atom stereocenters. The summed E-state index contributed by atoms with van der Waals surface area (Å²) in [6.07, 6.45) is 1.10. The number of hydrogen-bond donors (Lipinski definition) is 1. The number of nitrogens with one attached hydrogen (secondary N) is 1. The summed E-state index contributed by atoms with van der Waals surface area (Å²) < 4.78 is 24.9. The molecule has 0 aliphatic carbocycles. The first-order chi connectivity index (χ1) is 8.96. The monoisotopic (exact) mass is 281 g/mol. The summed E-state index contributed by atoms with van der Waals surface area (Å²) in [5, 5.41) is 1.82. The van der Waals surface area contributed by atoms with E-state index >= 15 is 0 Å². The molecule has 19 heavy (non-hydrogen) atoms. The summed E-state index contributed by atoms with van der Waals surface area (Å²) in [6, 6.07) is 9.06. The zero-order chi connectivity index (χ0) is 14.1. The molecule has 1 saturated heterocycles.